The summed E-state index contributed by atoms with van der Waals surface area (Å²) in [6.07, 6.45) is 2.57. The van der Waals surface area contributed by atoms with Crippen molar-refractivity contribution >= 4 is 22.5 Å². The minimum Gasteiger partial charge on any atom is -0.508 e. The number of benzene rings is 2. The van der Waals surface area contributed by atoms with Crippen LogP contribution in [0.2, 0.25) is 0 Å². The van der Waals surface area contributed by atoms with Gasteiger partial charge in [0.1, 0.15) is 23.0 Å². The molecule has 0 aliphatic heterocycles. The van der Waals surface area contributed by atoms with Gasteiger partial charge in [0, 0.05) is 56.3 Å². The van der Waals surface area contributed by atoms with Gasteiger partial charge in [-0.1, -0.05) is 6.92 Å². The SMILES string of the molecule is CCc1ncc(CN(C)C(=O)c2nc(-c3cc(O)cc(NCCNC)c3)nc3ccc(O)cc23)n1C. The molecule has 0 radical (unpaired) electrons. The lowest BCUT2D eigenvalue weighted by Gasteiger charge is -2.19. The fourth-order valence-corrected chi connectivity index (χ4v) is 4.04. The molecule has 0 spiro atoms. The fourth-order valence-electron chi connectivity index (χ4n) is 4.04. The van der Waals surface area contributed by atoms with Crippen LogP contribution in [-0.4, -0.2) is 67.7 Å². The number of hydrogen-bond donors (Lipinski definition) is 4. The number of rotatable bonds is 9. The number of phenols is 2. The third-order valence-corrected chi connectivity index (χ3v) is 6.00. The van der Waals surface area contributed by atoms with E-state index < -0.39 is 0 Å². The molecule has 0 saturated carbocycles. The Morgan fingerprint density at radius 3 is 2.61 bits per heavy atom. The molecular weight excluding hydrogens is 458 g/mol. The summed E-state index contributed by atoms with van der Waals surface area (Å²) in [7, 11) is 5.50. The van der Waals surface area contributed by atoms with Crippen molar-refractivity contribution in [2.24, 2.45) is 7.05 Å². The monoisotopic (exact) mass is 489 g/mol. The summed E-state index contributed by atoms with van der Waals surface area (Å²) in [4.78, 5) is 28.8. The molecule has 2 aromatic carbocycles. The number of nitrogens with one attached hydrogen (secondary N) is 2. The molecule has 4 rings (SSSR count). The molecule has 188 valence electrons. The van der Waals surface area contributed by atoms with E-state index in [-0.39, 0.29) is 23.1 Å². The first-order chi connectivity index (χ1) is 17.3. The zero-order chi connectivity index (χ0) is 25.8. The third kappa shape index (κ3) is 5.23. The number of carbonyl (C=O) groups is 1. The zero-order valence-electron chi connectivity index (χ0n) is 20.9. The van der Waals surface area contributed by atoms with Gasteiger partial charge in [-0.25, -0.2) is 15.0 Å². The van der Waals surface area contributed by atoms with Gasteiger partial charge in [-0.15, -0.1) is 0 Å². The number of aromatic hydroxyl groups is 2. The molecule has 10 nitrogen and oxygen atoms in total. The van der Waals surface area contributed by atoms with Crippen LogP contribution in [0, 0.1) is 0 Å². The van der Waals surface area contributed by atoms with Crippen molar-refractivity contribution in [3.8, 4) is 22.9 Å². The molecule has 10 heteroatoms. The number of aryl methyl sites for hydroxylation is 1. The van der Waals surface area contributed by atoms with Crippen molar-refractivity contribution in [3.63, 3.8) is 0 Å². The summed E-state index contributed by atoms with van der Waals surface area (Å²) in [5, 5.41) is 27.2. The lowest BCUT2D eigenvalue weighted by molar-refractivity contribution is 0.0778. The number of carbonyl (C=O) groups excluding carboxylic acids is 1. The number of likely N-dealkylation sites (N-methyl/N-ethyl adjacent to an activating group) is 1. The number of hydrogen-bond acceptors (Lipinski definition) is 8. The molecule has 0 atom stereocenters. The van der Waals surface area contributed by atoms with Crippen LogP contribution in [-0.2, 0) is 20.0 Å². The van der Waals surface area contributed by atoms with Gasteiger partial charge in [-0.3, -0.25) is 4.79 Å². The van der Waals surface area contributed by atoms with Crippen LogP contribution < -0.4 is 10.6 Å². The maximum Gasteiger partial charge on any atom is 0.273 e. The van der Waals surface area contributed by atoms with E-state index in [0.717, 1.165) is 24.5 Å². The second-order valence-corrected chi connectivity index (χ2v) is 8.64. The van der Waals surface area contributed by atoms with E-state index in [1.165, 1.54) is 12.1 Å². The van der Waals surface area contributed by atoms with E-state index in [4.69, 9.17) is 0 Å². The lowest BCUT2D eigenvalue weighted by atomic mass is 10.1. The van der Waals surface area contributed by atoms with Crippen molar-refractivity contribution in [3.05, 3.63) is 59.8 Å². The first-order valence-electron chi connectivity index (χ1n) is 11.8. The Morgan fingerprint density at radius 2 is 1.89 bits per heavy atom. The van der Waals surface area contributed by atoms with Gasteiger partial charge >= 0.3 is 0 Å². The molecule has 0 fully saturated rings. The standard InChI is InChI=1S/C26H31N7O3/c1-5-23-29-14-18(33(23)4)15-32(3)26(36)24-21-13-19(34)6-7-22(21)30-25(31-24)16-10-17(12-20(35)11-16)28-9-8-27-2/h6-7,10-14,27-28,34-35H,5,8-9,15H2,1-4H3. The largest absolute Gasteiger partial charge is 0.508 e. The van der Waals surface area contributed by atoms with E-state index in [2.05, 4.69) is 25.6 Å². The van der Waals surface area contributed by atoms with Crippen LogP contribution >= 0.6 is 0 Å². The highest BCUT2D eigenvalue weighted by molar-refractivity contribution is 6.05. The van der Waals surface area contributed by atoms with E-state index in [1.807, 2.05) is 31.7 Å². The van der Waals surface area contributed by atoms with Crippen molar-refractivity contribution in [2.75, 3.05) is 32.5 Å². The maximum atomic E-state index is 13.6. The minimum atomic E-state index is -0.318. The van der Waals surface area contributed by atoms with Gasteiger partial charge in [0.2, 0.25) is 0 Å². The highest BCUT2D eigenvalue weighted by atomic mass is 16.3. The Hall–Kier alpha value is -4.18. The average molecular weight is 490 g/mol. The summed E-state index contributed by atoms with van der Waals surface area (Å²) in [6, 6.07) is 9.67. The molecule has 0 aliphatic carbocycles. The Bertz CT molecular complexity index is 1400. The lowest BCUT2D eigenvalue weighted by Crippen LogP contribution is -2.28. The van der Waals surface area contributed by atoms with E-state index in [1.54, 1.807) is 36.3 Å². The number of fused-ring (bicyclic) bond motifs is 1. The number of phenolic OH excluding ortho intramolecular Hbond substituents is 2. The van der Waals surface area contributed by atoms with Gasteiger partial charge in [0.15, 0.2) is 5.82 Å². The number of imidazole rings is 1. The minimum absolute atomic E-state index is 0.0168. The first kappa shape index (κ1) is 24.9. The van der Waals surface area contributed by atoms with Crippen LogP contribution in [0.25, 0.3) is 22.3 Å². The van der Waals surface area contributed by atoms with E-state index in [9.17, 15) is 15.0 Å². The first-order valence-corrected chi connectivity index (χ1v) is 11.8. The van der Waals surface area contributed by atoms with Crippen LogP contribution in [0.4, 0.5) is 5.69 Å². The topological polar surface area (TPSA) is 128 Å². The highest BCUT2D eigenvalue weighted by Crippen LogP contribution is 2.29. The summed E-state index contributed by atoms with van der Waals surface area (Å²) in [6.45, 7) is 3.79. The maximum absolute atomic E-state index is 13.6. The predicted octanol–water partition coefficient (Wildman–Crippen LogP) is 2.91. The van der Waals surface area contributed by atoms with E-state index >= 15 is 0 Å². The molecule has 0 bridgehead atoms. The Kier molecular flexibility index (Phi) is 7.35. The summed E-state index contributed by atoms with van der Waals surface area (Å²) in [5.74, 6) is 0.992. The van der Waals surface area contributed by atoms with Crippen molar-refractivity contribution in [1.29, 1.82) is 0 Å². The molecule has 0 unspecified atom stereocenters. The van der Waals surface area contributed by atoms with E-state index in [0.29, 0.717) is 41.1 Å². The number of nitrogens with zero attached hydrogens (tertiary/aromatic N) is 5. The van der Waals surface area contributed by atoms with Crippen LogP contribution in [0.5, 0.6) is 11.5 Å². The Balaban J connectivity index is 1.74. The third-order valence-electron chi connectivity index (χ3n) is 6.00. The summed E-state index contributed by atoms with van der Waals surface area (Å²) >= 11 is 0. The second-order valence-electron chi connectivity index (χ2n) is 8.64. The summed E-state index contributed by atoms with van der Waals surface area (Å²) < 4.78 is 1.98. The predicted molar refractivity (Wildman–Crippen MR) is 139 cm³/mol. The average Bonchev–Trinajstić information content (AvgIpc) is 3.21. The molecule has 0 aliphatic rings. The second kappa shape index (κ2) is 10.6. The molecule has 0 saturated heterocycles. The fraction of sp³-hybridized carbons (Fsp3) is 0.308. The molecule has 4 aromatic rings. The smallest absolute Gasteiger partial charge is 0.273 e. The van der Waals surface area contributed by atoms with Gasteiger partial charge < -0.3 is 30.3 Å². The quantitative estimate of drug-likeness (QED) is 0.264. The molecule has 36 heavy (non-hydrogen) atoms. The number of anilines is 1. The number of amides is 1. The summed E-state index contributed by atoms with van der Waals surface area (Å²) in [5.41, 5.74) is 2.85. The molecule has 2 heterocycles. The Morgan fingerprint density at radius 1 is 1.08 bits per heavy atom. The molecule has 1 amide bonds. The highest BCUT2D eigenvalue weighted by Gasteiger charge is 2.21. The van der Waals surface area contributed by atoms with Gasteiger partial charge in [-0.2, -0.15) is 0 Å². The van der Waals surface area contributed by atoms with Crippen molar-refractivity contribution in [1.82, 2.24) is 29.7 Å². The Labute approximate surface area is 209 Å². The molecule has 4 N–H and O–H groups in total. The van der Waals surface area contributed by atoms with Crippen LogP contribution in [0.15, 0.2) is 42.6 Å². The molecule has 2 aromatic heterocycles. The van der Waals surface area contributed by atoms with Crippen molar-refractivity contribution < 1.29 is 15.0 Å². The molecular formula is C26H31N7O3. The van der Waals surface area contributed by atoms with Crippen molar-refractivity contribution in [2.45, 2.75) is 19.9 Å². The van der Waals surface area contributed by atoms with Gasteiger partial charge in [0.05, 0.1) is 24.0 Å². The van der Waals surface area contributed by atoms with Gasteiger partial charge in [-0.05, 0) is 37.4 Å². The van der Waals surface area contributed by atoms with Gasteiger partial charge in [0.25, 0.3) is 5.91 Å². The zero-order valence-corrected chi connectivity index (χ0v) is 20.9. The number of aromatic nitrogens is 4. The van der Waals surface area contributed by atoms with Crippen LogP contribution in [0.1, 0.15) is 28.9 Å². The normalized spacial score (nSPS) is 11.1. The van der Waals surface area contributed by atoms with Crippen LogP contribution in [0.3, 0.4) is 0 Å².